The number of esters is 1. The summed E-state index contributed by atoms with van der Waals surface area (Å²) < 4.78 is 24.0. The van der Waals surface area contributed by atoms with E-state index in [1.165, 1.54) is 7.11 Å². The first-order valence-electron chi connectivity index (χ1n) is 7.82. The SMILES string of the molecule is [B]C1CCC(OC(C(=O)OC)P(=O)(NC(C)C)NC(C)C)C1. The van der Waals surface area contributed by atoms with Crippen LogP contribution in [0.15, 0.2) is 0 Å². The van der Waals surface area contributed by atoms with Gasteiger partial charge in [-0.1, -0.05) is 12.2 Å². The molecule has 2 N–H and O–H groups in total. The third-order valence-electron chi connectivity index (χ3n) is 3.38. The summed E-state index contributed by atoms with van der Waals surface area (Å²) in [5.41, 5.74) is 0. The molecule has 0 saturated heterocycles. The quantitative estimate of drug-likeness (QED) is 0.404. The van der Waals surface area contributed by atoms with E-state index in [1.54, 1.807) is 0 Å². The van der Waals surface area contributed by atoms with Crippen LogP contribution in [0.4, 0.5) is 0 Å². The minimum absolute atomic E-state index is 0.0683. The Morgan fingerprint density at radius 3 is 2.09 bits per heavy atom. The summed E-state index contributed by atoms with van der Waals surface area (Å²) in [6.07, 6.45) is 2.10. The molecule has 6 nitrogen and oxygen atoms in total. The Balaban J connectivity index is 2.98. The predicted molar refractivity (Wildman–Crippen MR) is 88.2 cm³/mol. The molecule has 0 spiro atoms. The van der Waals surface area contributed by atoms with Crippen LogP contribution in [0, 0.1) is 0 Å². The molecule has 1 saturated carbocycles. The van der Waals surface area contributed by atoms with Crippen LogP contribution in [-0.4, -0.2) is 45.0 Å². The van der Waals surface area contributed by atoms with Gasteiger partial charge in [0.15, 0.2) is 0 Å². The van der Waals surface area contributed by atoms with Gasteiger partial charge in [-0.2, -0.15) is 0 Å². The van der Waals surface area contributed by atoms with Crippen LogP contribution < -0.4 is 10.2 Å². The zero-order valence-corrected chi connectivity index (χ0v) is 15.1. The molecule has 0 aliphatic heterocycles. The fraction of sp³-hybridized carbons (Fsp3) is 0.929. The average Bonchev–Trinajstić information content (AvgIpc) is 2.78. The summed E-state index contributed by atoms with van der Waals surface area (Å²) in [4.78, 5) is 12.2. The predicted octanol–water partition coefficient (Wildman–Crippen LogP) is 2.20. The minimum atomic E-state index is -3.32. The van der Waals surface area contributed by atoms with Crippen LogP contribution in [0.25, 0.3) is 0 Å². The Hall–Kier alpha value is -0.355. The highest BCUT2D eigenvalue weighted by atomic mass is 31.2. The number of rotatable bonds is 8. The maximum Gasteiger partial charge on any atom is 0.345 e. The van der Waals surface area contributed by atoms with Crippen LogP contribution in [0.2, 0.25) is 5.82 Å². The molecule has 126 valence electrons. The van der Waals surface area contributed by atoms with Gasteiger partial charge in [0.25, 0.3) is 7.44 Å². The van der Waals surface area contributed by atoms with E-state index in [2.05, 4.69) is 10.2 Å². The van der Waals surface area contributed by atoms with Crippen molar-refractivity contribution in [2.24, 2.45) is 0 Å². The van der Waals surface area contributed by atoms with E-state index in [9.17, 15) is 9.36 Å². The molecule has 1 fully saturated rings. The molecule has 1 aliphatic rings. The van der Waals surface area contributed by atoms with Crippen molar-refractivity contribution >= 4 is 21.3 Å². The van der Waals surface area contributed by atoms with Gasteiger partial charge in [-0.15, -0.1) is 0 Å². The van der Waals surface area contributed by atoms with E-state index in [-0.39, 0.29) is 24.0 Å². The first-order valence-corrected chi connectivity index (χ1v) is 9.59. The van der Waals surface area contributed by atoms with Gasteiger partial charge in [0.05, 0.1) is 21.1 Å². The van der Waals surface area contributed by atoms with Crippen LogP contribution in [0.5, 0.6) is 0 Å². The van der Waals surface area contributed by atoms with Crippen molar-refractivity contribution in [3.05, 3.63) is 0 Å². The number of carbonyl (C=O) groups is 1. The molecule has 0 amide bonds. The standard InChI is InChI=1S/C14H28BN2O4P/c1-9(2)16-22(19,17-10(3)4)14(13(18)20-5)21-12-7-6-11(15)8-12/h9-12,14H,6-8H2,1-5H3,(H2,16,17,19). The van der Waals surface area contributed by atoms with Crippen LogP contribution >= 0.6 is 7.44 Å². The number of hydrogen-bond acceptors (Lipinski definition) is 4. The van der Waals surface area contributed by atoms with E-state index in [1.807, 2.05) is 27.7 Å². The third-order valence-corrected chi connectivity index (χ3v) is 6.17. The van der Waals surface area contributed by atoms with Gasteiger partial charge in [0.1, 0.15) is 0 Å². The lowest BCUT2D eigenvalue weighted by atomic mass is 9.86. The van der Waals surface area contributed by atoms with Crippen LogP contribution in [0.1, 0.15) is 47.0 Å². The summed E-state index contributed by atoms with van der Waals surface area (Å²) in [5.74, 6) is -1.73. The largest absolute Gasteiger partial charge is 0.467 e. The number of hydrogen-bond donors (Lipinski definition) is 2. The minimum Gasteiger partial charge on any atom is -0.467 e. The van der Waals surface area contributed by atoms with Crippen LogP contribution in [0.3, 0.4) is 0 Å². The van der Waals surface area contributed by atoms with Gasteiger partial charge in [-0.3, -0.25) is 4.57 Å². The molecular formula is C14H28BN2O4P. The van der Waals surface area contributed by atoms with Gasteiger partial charge in [0, 0.05) is 12.1 Å². The maximum atomic E-state index is 13.3. The third kappa shape index (κ3) is 5.69. The number of ether oxygens (including phenoxy) is 2. The molecule has 1 aliphatic carbocycles. The van der Waals surface area contributed by atoms with Crippen molar-refractivity contribution in [2.45, 2.75) is 76.8 Å². The smallest absolute Gasteiger partial charge is 0.345 e. The molecule has 8 heteroatoms. The van der Waals surface area contributed by atoms with Crippen molar-refractivity contribution in [3.63, 3.8) is 0 Å². The first kappa shape index (κ1) is 19.7. The van der Waals surface area contributed by atoms with Gasteiger partial charge in [0.2, 0.25) is 5.85 Å². The number of nitrogens with one attached hydrogen (secondary N) is 2. The van der Waals surface area contributed by atoms with Gasteiger partial charge in [-0.05, 0) is 40.5 Å². The molecule has 2 radical (unpaired) electrons. The second kappa shape index (κ2) is 8.48. The molecular weight excluding hydrogens is 302 g/mol. The highest BCUT2D eigenvalue weighted by Gasteiger charge is 2.43. The molecule has 3 unspecified atom stereocenters. The Kier molecular flexibility index (Phi) is 7.59. The van der Waals surface area contributed by atoms with Gasteiger partial charge in [-0.25, -0.2) is 15.0 Å². The van der Waals surface area contributed by atoms with Crippen molar-refractivity contribution < 1.29 is 18.8 Å². The Morgan fingerprint density at radius 2 is 1.73 bits per heavy atom. The van der Waals surface area contributed by atoms with Crippen molar-refractivity contribution in [1.29, 1.82) is 0 Å². The molecule has 0 aromatic carbocycles. The van der Waals surface area contributed by atoms with E-state index < -0.39 is 19.3 Å². The average molecular weight is 330 g/mol. The Labute approximate surface area is 135 Å². The second-order valence-corrected chi connectivity index (χ2v) is 8.73. The molecule has 0 aromatic rings. The summed E-state index contributed by atoms with van der Waals surface area (Å²) >= 11 is 0. The van der Waals surface area contributed by atoms with E-state index in [4.69, 9.17) is 17.3 Å². The summed E-state index contributed by atoms with van der Waals surface area (Å²) in [6, 6.07) is -0.141. The Morgan fingerprint density at radius 1 is 1.18 bits per heavy atom. The van der Waals surface area contributed by atoms with Crippen molar-refractivity contribution in [2.75, 3.05) is 7.11 Å². The highest BCUT2D eigenvalue weighted by molar-refractivity contribution is 7.61. The van der Waals surface area contributed by atoms with Gasteiger partial charge >= 0.3 is 5.97 Å². The number of methoxy groups -OCH3 is 1. The molecule has 3 atom stereocenters. The van der Waals surface area contributed by atoms with E-state index >= 15 is 0 Å². The summed E-state index contributed by atoms with van der Waals surface area (Å²) in [5, 5.41) is 5.95. The molecule has 0 heterocycles. The monoisotopic (exact) mass is 330 g/mol. The molecule has 22 heavy (non-hydrogen) atoms. The second-order valence-electron chi connectivity index (χ2n) is 6.43. The zero-order chi connectivity index (χ0) is 16.9. The van der Waals surface area contributed by atoms with E-state index in [0.29, 0.717) is 6.42 Å². The molecule has 1 rings (SSSR count). The number of carbonyl (C=O) groups excluding carboxylic acids is 1. The van der Waals surface area contributed by atoms with Crippen LogP contribution in [-0.2, 0) is 18.8 Å². The normalized spacial score (nSPS) is 24.0. The lowest BCUT2D eigenvalue weighted by Gasteiger charge is -2.32. The van der Waals surface area contributed by atoms with Crippen molar-refractivity contribution in [1.82, 2.24) is 10.2 Å². The van der Waals surface area contributed by atoms with Gasteiger partial charge < -0.3 is 9.47 Å². The van der Waals surface area contributed by atoms with Crippen molar-refractivity contribution in [3.8, 4) is 0 Å². The lowest BCUT2D eigenvalue weighted by Crippen LogP contribution is -2.43. The maximum absolute atomic E-state index is 13.3. The Bertz CT molecular complexity index is 406. The zero-order valence-electron chi connectivity index (χ0n) is 14.2. The first-order chi connectivity index (χ1) is 10.2. The summed E-state index contributed by atoms with van der Waals surface area (Å²) in [6.45, 7) is 7.48. The summed E-state index contributed by atoms with van der Waals surface area (Å²) in [7, 11) is 3.83. The van der Waals surface area contributed by atoms with E-state index in [0.717, 1.165) is 12.8 Å². The molecule has 0 bridgehead atoms. The fourth-order valence-electron chi connectivity index (χ4n) is 2.61. The lowest BCUT2D eigenvalue weighted by molar-refractivity contribution is -0.151. The molecule has 0 aromatic heterocycles. The highest BCUT2D eigenvalue weighted by Crippen LogP contribution is 2.46. The fourth-order valence-corrected chi connectivity index (χ4v) is 5.24. The topological polar surface area (TPSA) is 76.7 Å².